The van der Waals surface area contributed by atoms with E-state index in [2.05, 4.69) is 30.3 Å². The summed E-state index contributed by atoms with van der Waals surface area (Å²) in [5.41, 5.74) is 0.295. The molecule has 7 rings (SSSR count). The molecule has 15 heteroatoms. The van der Waals surface area contributed by atoms with Crippen LogP contribution in [0.25, 0.3) is 0 Å². The Morgan fingerprint density at radius 3 is 2.54 bits per heavy atom. The summed E-state index contributed by atoms with van der Waals surface area (Å²) in [6.07, 6.45) is 5.33. The number of fused-ring (bicyclic) bond motifs is 2. The third-order valence-corrected chi connectivity index (χ3v) is 13.0. The van der Waals surface area contributed by atoms with Crippen LogP contribution < -0.4 is 15.0 Å². The van der Waals surface area contributed by atoms with E-state index in [1.165, 1.54) is 24.5 Å². The number of anilines is 1. The summed E-state index contributed by atoms with van der Waals surface area (Å²) in [4.78, 5) is 24.4. The van der Waals surface area contributed by atoms with Crippen LogP contribution in [-0.4, -0.2) is 131 Å². The minimum Gasteiger partial charge on any atom is -0.434 e. The van der Waals surface area contributed by atoms with E-state index in [1.54, 1.807) is 13.5 Å². The molecule has 1 N–H and O–H groups in total. The molecule has 48 heavy (non-hydrogen) atoms. The van der Waals surface area contributed by atoms with Crippen LogP contribution in [0.2, 0.25) is 0 Å². The number of halogens is 1. The number of hydrogen-bond donors (Lipinski definition) is 1. The van der Waals surface area contributed by atoms with E-state index in [4.69, 9.17) is 4.74 Å². The van der Waals surface area contributed by atoms with Crippen LogP contribution in [0.5, 0.6) is 11.6 Å². The Morgan fingerprint density at radius 1 is 1.12 bits per heavy atom. The predicted octanol–water partition coefficient (Wildman–Crippen LogP) is 2.58. The molecule has 5 aliphatic heterocycles. The molecule has 5 fully saturated rings. The molecule has 1 aromatic carbocycles. The van der Waals surface area contributed by atoms with Gasteiger partial charge in [0, 0.05) is 75.4 Å². The number of amides is 1. The Morgan fingerprint density at radius 2 is 1.88 bits per heavy atom. The average molecular weight is 686 g/mol. The number of benzene rings is 1. The number of likely N-dealkylation sites (tertiary alicyclic amines) is 1. The fourth-order valence-electron chi connectivity index (χ4n) is 8.52. The zero-order valence-corrected chi connectivity index (χ0v) is 29.2. The van der Waals surface area contributed by atoms with Gasteiger partial charge < -0.3 is 24.8 Å². The number of nitrogens with one attached hydrogen (secondary N) is 1. The van der Waals surface area contributed by atoms with Gasteiger partial charge >= 0.3 is 0 Å². The van der Waals surface area contributed by atoms with Crippen molar-refractivity contribution in [3.63, 3.8) is 0 Å². The van der Waals surface area contributed by atoms with Crippen LogP contribution in [0.3, 0.4) is 0 Å². The van der Waals surface area contributed by atoms with Crippen molar-refractivity contribution >= 4 is 21.9 Å². The molecule has 3 unspecified atom stereocenters. The number of rotatable bonds is 10. The lowest BCUT2D eigenvalue weighted by atomic mass is 9.72. The van der Waals surface area contributed by atoms with Gasteiger partial charge in [-0.25, -0.2) is 9.37 Å². The summed E-state index contributed by atoms with van der Waals surface area (Å²) in [7, 11) is -3.39. The maximum absolute atomic E-state index is 14.4. The van der Waals surface area contributed by atoms with Crippen molar-refractivity contribution in [2.24, 2.45) is 11.3 Å². The normalized spacial score (nSPS) is 26.1. The molecule has 0 radical (unpaired) electrons. The minimum atomic E-state index is -3.39. The second-order valence-electron chi connectivity index (χ2n) is 15.0. The summed E-state index contributed by atoms with van der Waals surface area (Å²) in [5, 5.41) is 11.6. The van der Waals surface area contributed by atoms with Gasteiger partial charge in [0.1, 0.15) is 17.9 Å². The number of piperidine rings is 1. The topological polar surface area (TPSA) is 127 Å². The highest BCUT2D eigenvalue weighted by molar-refractivity contribution is 7.86. The fourth-order valence-corrected chi connectivity index (χ4v) is 10.5. The fraction of sp³-hybridized carbons (Fsp3) is 0.697. The van der Waals surface area contributed by atoms with Crippen molar-refractivity contribution in [2.45, 2.75) is 77.5 Å². The highest BCUT2D eigenvalue weighted by Gasteiger charge is 2.49. The Balaban J connectivity index is 0.942. The Bertz CT molecular complexity index is 1600. The number of aromatic nitrogens is 3. The van der Waals surface area contributed by atoms with Crippen molar-refractivity contribution in [1.82, 2.24) is 38.9 Å². The Kier molecular flexibility index (Phi) is 9.11. The van der Waals surface area contributed by atoms with E-state index in [0.29, 0.717) is 37.4 Å². The van der Waals surface area contributed by atoms with Gasteiger partial charge in [0.05, 0.1) is 5.56 Å². The SMILES string of the molecule is CC(C)N(C(=O)c1cc(F)ccc1Oc1nncnc1N1CC2(CCN(CC3CCN(S(=O)(=O)N4CC5CC4CN5)C3)CC2)C1)C(C)C. The van der Waals surface area contributed by atoms with E-state index in [0.717, 1.165) is 65.0 Å². The van der Waals surface area contributed by atoms with Crippen molar-refractivity contribution in [1.29, 1.82) is 0 Å². The predicted molar refractivity (Wildman–Crippen MR) is 179 cm³/mol. The molecule has 0 aliphatic carbocycles. The number of nitrogens with zero attached hydrogens (tertiary/aromatic N) is 8. The molecule has 2 bridgehead atoms. The molecule has 262 valence electrons. The monoisotopic (exact) mass is 685 g/mol. The van der Waals surface area contributed by atoms with Gasteiger partial charge in [-0.15, -0.1) is 10.2 Å². The molecule has 1 spiro atoms. The van der Waals surface area contributed by atoms with Gasteiger partial charge in [-0.05, 0) is 90.6 Å². The maximum Gasteiger partial charge on any atom is 0.282 e. The van der Waals surface area contributed by atoms with Crippen LogP contribution in [-0.2, 0) is 10.2 Å². The highest BCUT2D eigenvalue weighted by Crippen LogP contribution is 2.45. The van der Waals surface area contributed by atoms with Crippen molar-refractivity contribution in [3.05, 3.63) is 35.9 Å². The molecular weight excluding hydrogens is 637 g/mol. The molecule has 13 nitrogen and oxygen atoms in total. The van der Waals surface area contributed by atoms with E-state index in [1.807, 2.05) is 27.7 Å². The molecule has 0 saturated carbocycles. The first-order valence-corrected chi connectivity index (χ1v) is 18.8. The van der Waals surface area contributed by atoms with Gasteiger partial charge in [0.2, 0.25) is 0 Å². The van der Waals surface area contributed by atoms with Crippen LogP contribution in [0, 0.1) is 17.2 Å². The van der Waals surface area contributed by atoms with Gasteiger partial charge in [0.25, 0.3) is 22.0 Å². The largest absolute Gasteiger partial charge is 0.434 e. The number of piperazine rings is 1. The third-order valence-electron chi connectivity index (χ3n) is 11.0. The molecule has 1 amide bonds. The lowest BCUT2D eigenvalue weighted by Gasteiger charge is -2.54. The number of carbonyl (C=O) groups is 1. The van der Waals surface area contributed by atoms with Crippen molar-refractivity contribution in [2.75, 3.05) is 63.8 Å². The van der Waals surface area contributed by atoms with Crippen molar-refractivity contribution in [3.8, 4) is 11.6 Å². The van der Waals surface area contributed by atoms with Gasteiger partial charge in [0.15, 0.2) is 5.82 Å². The van der Waals surface area contributed by atoms with E-state index >= 15 is 0 Å². The van der Waals surface area contributed by atoms with Gasteiger partial charge in [-0.2, -0.15) is 17.0 Å². The summed E-state index contributed by atoms with van der Waals surface area (Å²) >= 11 is 0. The summed E-state index contributed by atoms with van der Waals surface area (Å²) < 4.78 is 50.7. The van der Waals surface area contributed by atoms with Crippen LogP contribution in [0.4, 0.5) is 10.2 Å². The summed E-state index contributed by atoms with van der Waals surface area (Å²) in [6, 6.07) is 4.19. The van der Waals surface area contributed by atoms with Crippen LogP contribution >= 0.6 is 0 Å². The lowest BCUT2D eigenvalue weighted by Crippen LogP contribution is -2.61. The Hall–Kier alpha value is -2.98. The standard InChI is InChI=1S/C33H48FN9O4S/c1-22(2)43(23(3)4)32(44)28-13-25(34)5-6-29(28)47-31-30(36-21-37-38-31)40-19-33(20-40)8-11-39(12-9-33)16-24-7-10-41(17-24)48(45,46)42-18-26-14-27(42)15-35-26/h5-6,13,21-24,26-27,35H,7-12,14-20H2,1-4H3. The third kappa shape index (κ3) is 6.39. The second-order valence-corrected chi connectivity index (χ2v) is 16.9. The first-order chi connectivity index (χ1) is 22.9. The number of carbonyl (C=O) groups excluding carboxylic acids is 1. The molecule has 2 aromatic rings. The quantitative estimate of drug-likeness (QED) is 0.399. The zero-order valence-electron chi connectivity index (χ0n) is 28.4. The molecule has 6 heterocycles. The van der Waals surface area contributed by atoms with E-state index < -0.39 is 16.0 Å². The second kappa shape index (κ2) is 13.0. The number of hydrogen-bond acceptors (Lipinski definition) is 10. The van der Waals surface area contributed by atoms with E-state index in [-0.39, 0.29) is 46.6 Å². The molecular formula is C33H48FN9O4S. The summed E-state index contributed by atoms with van der Waals surface area (Å²) in [6.45, 7) is 14.8. The summed E-state index contributed by atoms with van der Waals surface area (Å²) in [5.74, 6) is 0.471. The zero-order chi connectivity index (χ0) is 33.8. The first kappa shape index (κ1) is 33.5. The van der Waals surface area contributed by atoms with Gasteiger partial charge in [-0.3, -0.25) is 4.79 Å². The smallest absolute Gasteiger partial charge is 0.282 e. The minimum absolute atomic E-state index is 0.0807. The maximum atomic E-state index is 14.4. The van der Waals surface area contributed by atoms with Crippen LogP contribution in [0.1, 0.15) is 63.7 Å². The molecule has 1 aromatic heterocycles. The molecule has 3 atom stereocenters. The lowest BCUT2D eigenvalue weighted by molar-refractivity contribution is 0.0640. The average Bonchev–Trinajstić information content (AvgIpc) is 3.80. The highest BCUT2D eigenvalue weighted by atomic mass is 32.2. The van der Waals surface area contributed by atoms with Gasteiger partial charge in [-0.1, -0.05) is 0 Å². The molecule has 5 saturated heterocycles. The first-order valence-electron chi connectivity index (χ1n) is 17.4. The number of ether oxygens (including phenoxy) is 1. The van der Waals surface area contributed by atoms with E-state index in [9.17, 15) is 17.6 Å². The Labute approximate surface area is 283 Å². The van der Waals surface area contributed by atoms with Crippen molar-refractivity contribution < 1.29 is 22.3 Å². The van der Waals surface area contributed by atoms with Crippen LogP contribution in [0.15, 0.2) is 24.5 Å². The molecule has 5 aliphatic rings.